The van der Waals surface area contributed by atoms with Gasteiger partial charge in [-0.05, 0) is 37.5 Å². The van der Waals surface area contributed by atoms with E-state index in [9.17, 15) is 9.59 Å². The van der Waals surface area contributed by atoms with E-state index >= 15 is 0 Å². The summed E-state index contributed by atoms with van der Waals surface area (Å²) >= 11 is 0. The highest BCUT2D eigenvalue weighted by Gasteiger charge is 2.27. The molecule has 1 aliphatic rings. The zero-order valence-corrected chi connectivity index (χ0v) is 16.4. The van der Waals surface area contributed by atoms with Crippen LogP contribution >= 0.6 is 0 Å². The van der Waals surface area contributed by atoms with Gasteiger partial charge in [-0.3, -0.25) is 9.59 Å². The van der Waals surface area contributed by atoms with E-state index in [1.54, 1.807) is 18.2 Å². The van der Waals surface area contributed by atoms with Crippen molar-refractivity contribution in [1.82, 2.24) is 10.2 Å². The minimum atomic E-state index is -0.288. The summed E-state index contributed by atoms with van der Waals surface area (Å²) in [4.78, 5) is 27.5. The zero-order valence-electron chi connectivity index (χ0n) is 16.4. The fourth-order valence-electron chi connectivity index (χ4n) is 3.72. The number of carbonyl (C=O) groups is 2. The molecule has 3 rings (SSSR count). The molecule has 5 heteroatoms. The normalized spacial score (nSPS) is 16.9. The molecule has 1 aliphatic heterocycles. The summed E-state index contributed by atoms with van der Waals surface area (Å²) in [5.41, 5.74) is 1.61. The Morgan fingerprint density at radius 1 is 1.04 bits per heavy atom. The SMILES string of the molecule is CCOc1ccccc1C(=O)NCC(=O)N1CCCCC[C@@H]1c1ccccc1. The van der Waals surface area contributed by atoms with Crippen LogP contribution in [0.4, 0.5) is 0 Å². The molecule has 2 aromatic carbocycles. The Morgan fingerprint density at radius 3 is 2.57 bits per heavy atom. The summed E-state index contributed by atoms with van der Waals surface area (Å²) < 4.78 is 5.52. The maximum atomic E-state index is 13.0. The van der Waals surface area contributed by atoms with E-state index in [1.165, 1.54) is 0 Å². The molecule has 148 valence electrons. The largest absolute Gasteiger partial charge is 0.493 e. The number of nitrogens with zero attached hydrogens (tertiary/aromatic N) is 1. The Balaban J connectivity index is 1.68. The average Bonchev–Trinajstić information content (AvgIpc) is 2.99. The van der Waals surface area contributed by atoms with Crippen LogP contribution < -0.4 is 10.1 Å². The molecule has 28 heavy (non-hydrogen) atoms. The number of ether oxygens (including phenoxy) is 1. The zero-order chi connectivity index (χ0) is 19.8. The van der Waals surface area contributed by atoms with Crippen LogP contribution in [0.2, 0.25) is 0 Å². The van der Waals surface area contributed by atoms with Crippen LogP contribution in [0.3, 0.4) is 0 Å². The second kappa shape index (κ2) is 9.93. The predicted molar refractivity (Wildman–Crippen MR) is 109 cm³/mol. The Hall–Kier alpha value is -2.82. The monoisotopic (exact) mass is 380 g/mol. The molecule has 0 bridgehead atoms. The first-order chi connectivity index (χ1) is 13.7. The van der Waals surface area contributed by atoms with Crippen molar-refractivity contribution < 1.29 is 14.3 Å². The topological polar surface area (TPSA) is 58.6 Å². The van der Waals surface area contributed by atoms with Crippen molar-refractivity contribution in [3.63, 3.8) is 0 Å². The molecule has 0 unspecified atom stereocenters. The van der Waals surface area contributed by atoms with Gasteiger partial charge in [0.1, 0.15) is 5.75 Å². The van der Waals surface area contributed by atoms with Crippen LogP contribution in [-0.4, -0.2) is 36.4 Å². The molecule has 1 N–H and O–H groups in total. The number of likely N-dealkylation sites (tertiary alicyclic amines) is 1. The van der Waals surface area contributed by atoms with Crippen molar-refractivity contribution in [2.75, 3.05) is 19.7 Å². The van der Waals surface area contributed by atoms with E-state index in [1.807, 2.05) is 36.1 Å². The van der Waals surface area contributed by atoms with Gasteiger partial charge < -0.3 is 15.0 Å². The first-order valence-corrected chi connectivity index (χ1v) is 10.0. The molecule has 1 atom stereocenters. The summed E-state index contributed by atoms with van der Waals surface area (Å²) in [6.45, 7) is 3.07. The van der Waals surface area contributed by atoms with Crippen molar-refractivity contribution >= 4 is 11.8 Å². The second-order valence-electron chi connectivity index (χ2n) is 6.97. The number of nitrogens with one attached hydrogen (secondary N) is 1. The summed E-state index contributed by atoms with van der Waals surface area (Å²) in [5.74, 6) is 0.202. The lowest BCUT2D eigenvalue weighted by Crippen LogP contribution is -2.42. The molecular weight excluding hydrogens is 352 g/mol. The van der Waals surface area contributed by atoms with Crippen molar-refractivity contribution in [3.05, 3.63) is 65.7 Å². The molecule has 1 saturated heterocycles. The number of hydrogen-bond acceptors (Lipinski definition) is 3. The Morgan fingerprint density at radius 2 is 1.79 bits per heavy atom. The van der Waals surface area contributed by atoms with Crippen LogP contribution in [-0.2, 0) is 4.79 Å². The lowest BCUT2D eigenvalue weighted by molar-refractivity contribution is -0.132. The molecule has 0 aliphatic carbocycles. The quantitative estimate of drug-likeness (QED) is 0.825. The van der Waals surface area contributed by atoms with Gasteiger partial charge in [0, 0.05) is 6.54 Å². The third-order valence-electron chi connectivity index (χ3n) is 5.09. The third kappa shape index (κ3) is 4.91. The molecule has 0 aromatic heterocycles. The minimum Gasteiger partial charge on any atom is -0.493 e. The van der Waals surface area contributed by atoms with Gasteiger partial charge in [-0.25, -0.2) is 0 Å². The fourth-order valence-corrected chi connectivity index (χ4v) is 3.72. The van der Waals surface area contributed by atoms with Crippen LogP contribution in [0, 0.1) is 0 Å². The van der Waals surface area contributed by atoms with Gasteiger partial charge in [0.2, 0.25) is 5.91 Å². The van der Waals surface area contributed by atoms with Gasteiger partial charge in [0.05, 0.1) is 24.8 Å². The molecule has 5 nitrogen and oxygen atoms in total. The Kier molecular flexibility index (Phi) is 7.06. The van der Waals surface area contributed by atoms with Gasteiger partial charge in [-0.1, -0.05) is 55.3 Å². The molecule has 0 spiro atoms. The van der Waals surface area contributed by atoms with Gasteiger partial charge in [0.25, 0.3) is 5.91 Å². The molecule has 0 radical (unpaired) electrons. The number of benzene rings is 2. The molecule has 0 saturated carbocycles. The van der Waals surface area contributed by atoms with Crippen molar-refractivity contribution in [2.45, 2.75) is 38.6 Å². The van der Waals surface area contributed by atoms with E-state index in [2.05, 4.69) is 17.4 Å². The van der Waals surface area contributed by atoms with Crippen LogP contribution in [0.1, 0.15) is 54.6 Å². The predicted octanol–water partition coefficient (Wildman–Crippen LogP) is 3.96. The van der Waals surface area contributed by atoms with Crippen molar-refractivity contribution in [2.24, 2.45) is 0 Å². The fraction of sp³-hybridized carbons (Fsp3) is 0.391. The smallest absolute Gasteiger partial charge is 0.255 e. The number of amides is 2. The summed E-state index contributed by atoms with van der Waals surface area (Å²) in [6, 6.07) is 17.3. The van der Waals surface area contributed by atoms with Gasteiger partial charge >= 0.3 is 0 Å². The maximum absolute atomic E-state index is 13.0. The van der Waals surface area contributed by atoms with E-state index in [0.717, 1.165) is 37.8 Å². The molecule has 1 heterocycles. The van der Waals surface area contributed by atoms with Gasteiger partial charge in [-0.15, -0.1) is 0 Å². The highest BCUT2D eigenvalue weighted by molar-refractivity contribution is 5.98. The van der Waals surface area contributed by atoms with E-state index < -0.39 is 0 Å². The van der Waals surface area contributed by atoms with Crippen molar-refractivity contribution in [1.29, 1.82) is 0 Å². The van der Waals surface area contributed by atoms with Gasteiger partial charge in [0.15, 0.2) is 0 Å². The van der Waals surface area contributed by atoms with E-state index in [4.69, 9.17) is 4.74 Å². The first kappa shape index (κ1) is 19.9. The van der Waals surface area contributed by atoms with Crippen LogP contribution in [0.15, 0.2) is 54.6 Å². The summed E-state index contributed by atoms with van der Waals surface area (Å²) in [6.07, 6.45) is 4.19. The number of para-hydroxylation sites is 1. The average molecular weight is 380 g/mol. The second-order valence-corrected chi connectivity index (χ2v) is 6.97. The molecule has 2 amide bonds. The summed E-state index contributed by atoms with van der Waals surface area (Å²) in [7, 11) is 0. The van der Waals surface area contributed by atoms with Crippen LogP contribution in [0.5, 0.6) is 5.75 Å². The highest BCUT2D eigenvalue weighted by atomic mass is 16.5. The van der Waals surface area contributed by atoms with Crippen molar-refractivity contribution in [3.8, 4) is 5.75 Å². The number of rotatable bonds is 6. The van der Waals surface area contributed by atoms with Crippen LogP contribution in [0.25, 0.3) is 0 Å². The third-order valence-corrected chi connectivity index (χ3v) is 5.09. The standard InChI is InChI=1S/C23H28N2O3/c1-2-28-21-15-9-8-13-19(21)23(27)24-17-22(26)25-16-10-4-7-14-20(25)18-11-5-3-6-12-18/h3,5-6,8-9,11-13,15,20H,2,4,7,10,14,16-17H2,1H3,(H,24,27)/t20-/m1/s1. The summed E-state index contributed by atoms with van der Waals surface area (Å²) in [5, 5.41) is 2.78. The van der Waals surface area contributed by atoms with Gasteiger partial charge in [-0.2, -0.15) is 0 Å². The minimum absolute atomic E-state index is 0.0113. The molecular formula is C23H28N2O3. The lowest BCUT2D eigenvalue weighted by Gasteiger charge is -2.30. The molecule has 1 fully saturated rings. The highest BCUT2D eigenvalue weighted by Crippen LogP contribution is 2.30. The molecule has 2 aromatic rings. The number of carbonyl (C=O) groups excluding carboxylic acids is 2. The first-order valence-electron chi connectivity index (χ1n) is 10.0. The Labute approximate surface area is 166 Å². The van der Waals surface area contributed by atoms with E-state index in [-0.39, 0.29) is 24.4 Å². The Bertz CT molecular complexity index is 791. The van der Waals surface area contributed by atoms with E-state index in [0.29, 0.717) is 17.9 Å². The lowest BCUT2D eigenvalue weighted by atomic mass is 10.0. The maximum Gasteiger partial charge on any atom is 0.255 e. The number of hydrogen-bond donors (Lipinski definition) is 1.